The van der Waals surface area contributed by atoms with Crippen LogP contribution in [0.1, 0.15) is 86.5 Å². The first-order valence-electron chi connectivity index (χ1n) is 20.1. The lowest BCUT2D eigenvalue weighted by atomic mass is 9.88. The predicted molar refractivity (Wildman–Crippen MR) is 212 cm³/mol. The second kappa shape index (κ2) is 16.2. The van der Waals surface area contributed by atoms with Gasteiger partial charge in [0.05, 0.1) is 31.0 Å². The Bertz CT molecular complexity index is 2180. The Morgan fingerprint density at radius 1 is 1.03 bits per heavy atom. The number of allylic oxidation sites excluding steroid dienone is 1. The fourth-order valence-electron chi connectivity index (χ4n) is 7.79. The number of methoxy groups -OCH3 is 2. The number of amides is 4. The monoisotopic (exact) mass is 865 g/mol. The second-order valence-corrected chi connectivity index (χ2v) is 19.7. The number of pyridine rings is 1. The molecule has 6 rings (SSSR count). The van der Waals surface area contributed by atoms with Crippen LogP contribution in [0.5, 0.6) is 17.4 Å². The summed E-state index contributed by atoms with van der Waals surface area (Å²) < 4.78 is 93.5. The first kappa shape index (κ1) is 44.7. The first-order chi connectivity index (χ1) is 27.9. The highest BCUT2D eigenvalue weighted by Gasteiger charge is 2.63. The van der Waals surface area contributed by atoms with Crippen molar-refractivity contribution in [2.45, 2.75) is 126 Å². The van der Waals surface area contributed by atoms with E-state index in [0.29, 0.717) is 39.0 Å². The van der Waals surface area contributed by atoms with Crippen LogP contribution < -0.4 is 29.6 Å². The number of benzene rings is 1. The first-order valence-corrected chi connectivity index (χ1v) is 21.5. The number of nitrogens with zero attached hydrogens (tertiary/aromatic N) is 2. The zero-order chi connectivity index (χ0) is 44.2. The molecule has 4 aliphatic rings. The van der Waals surface area contributed by atoms with E-state index in [9.17, 15) is 36.4 Å². The molecule has 1 aromatic heterocycles. The lowest BCUT2D eigenvalue weighted by Gasteiger charge is -2.35. The number of nitrogens with one attached hydrogen (secondary N) is 3. The van der Waals surface area contributed by atoms with E-state index in [1.807, 2.05) is 13.0 Å². The standard InChI is InChI=1S/C41H54F3N5O10S/c1-22-11-9-10-12-24-20-41(24,36(52)48-60(54,55)39(5)13-14-39)47-34(50)29-16-25(58-30-19-32(57-8)45-28-18-31(56-7)27(42)17-26(28)30)21-49(29)35(51)33(23(2)15-22)46-37(53)59-38(3,4)40(6,43)44/h10,12,17-19,22-25,29,33H,9,11,13-16,20-21H2,1-8H3,(H,46,53)(H,47,50)(H,48,52)/b12-10-/t22-,23-,24-,25-,29+,33+,41-/m1/s1. The van der Waals surface area contributed by atoms with E-state index in [0.717, 1.165) is 19.9 Å². The molecular formula is C41H54F3N5O10S. The SMILES string of the molecule is COc1cc(O[C@@H]2C[C@H]3C(=O)N[C@]4(C(=O)NS(=O)(=O)C5(C)CC5)C[C@H]4/C=C\CC[C@@H](C)C[C@@H](C)[C@H](NC(=O)OC(C)(C)C(C)(F)F)C(=O)N3C2)c2cc(F)c(OC)cc2n1. The fourth-order valence-corrected chi connectivity index (χ4v) is 9.10. The normalized spacial score (nSPS) is 28.8. The Balaban J connectivity index is 1.38. The van der Waals surface area contributed by atoms with Gasteiger partial charge >= 0.3 is 6.09 Å². The zero-order valence-corrected chi connectivity index (χ0v) is 35.8. The maximum absolute atomic E-state index is 15.0. The second-order valence-electron chi connectivity index (χ2n) is 17.5. The van der Waals surface area contributed by atoms with E-state index in [2.05, 4.69) is 20.3 Å². The van der Waals surface area contributed by atoms with E-state index in [1.165, 1.54) is 38.2 Å². The van der Waals surface area contributed by atoms with Crippen LogP contribution in [0.3, 0.4) is 0 Å². The lowest BCUT2D eigenvalue weighted by Crippen LogP contribution is -2.59. The molecule has 1 saturated heterocycles. The number of rotatable bonds is 10. The lowest BCUT2D eigenvalue weighted by molar-refractivity contribution is -0.152. The summed E-state index contributed by atoms with van der Waals surface area (Å²) >= 11 is 0. The molecule has 0 radical (unpaired) electrons. The van der Waals surface area contributed by atoms with E-state index in [1.54, 1.807) is 13.0 Å². The van der Waals surface area contributed by atoms with Crippen molar-refractivity contribution in [3.05, 3.63) is 36.2 Å². The van der Waals surface area contributed by atoms with Gasteiger partial charge in [-0.25, -0.2) is 31.4 Å². The van der Waals surface area contributed by atoms with Crippen molar-refractivity contribution in [2.24, 2.45) is 17.8 Å². The van der Waals surface area contributed by atoms with Crippen LogP contribution in [0, 0.1) is 23.6 Å². The van der Waals surface area contributed by atoms with Crippen LogP contribution in [0.25, 0.3) is 10.9 Å². The summed E-state index contributed by atoms with van der Waals surface area (Å²) in [5.41, 5.74) is -3.66. The van der Waals surface area contributed by atoms with Crippen LogP contribution in [-0.2, 0) is 29.1 Å². The largest absolute Gasteiger partial charge is 0.494 e. The Kier molecular flexibility index (Phi) is 12.1. The van der Waals surface area contributed by atoms with Gasteiger partial charge in [-0.15, -0.1) is 0 Å². The van der Waals surface area contributed by atoms with Crippen molar-refractivity contribution < 1.29 is 59.7 Å². The number of ether oxygens (including phenoxy) is 4. The number of carbonyl (C=O) groups excluding carboxylic acids is 4. The number of hydrogen-bond donors (Lipinski definition) is 3. The van der Waals surface area contributed by atoms with Gasteiger partial charge in [-0.05, 0) is 77.2 Å². The third-order valence-electron chi connectivity index (χ3n) is 12.5. The van der Waals surface area contributed by atoms with Crippen molar-refractivity contribution in [1.82, 2.24) is 25.2 Å². The molecule has 3 N–H and O–H groups in total. The quantitative estimate of drug-likeness (QED) is 0.268. The molecule has 2 aliphatic heterocycles. The van der Waals surface area contributed by atoms with Crippen molar-refractivity contribution in [3.63, 3.8) is 0 Å². The van der Waals surface area contributed by atoms with Gasteiger partial charge in [0.2, 0.25) is 27.7 Å². The van der Waals surface area contributed by atoms with Gasteiger partial charge < -0.3 is 34.5 Å². The highest BCUT2D eigenvalue weighted by molar-refractivity contribution is 7.91. The fraction of sp³-hybridized carbons (Fsp3) is 0.634. The van der Waals surface area contributed by atoms with Crippen LogP contribution in [-0.4, -0.2) is 103 Å². The number of alkyl halides is 2. The number of fused-ring (bicyclic) bond motifs is 3. The zero-order valence-electron chi connectivity index (χ0n) is 35.0. The Hall–Kier alpha value is -4.81. The Morgan fingerprint density at radius 2 is 1.73 bits per heavy atom. The van der Waals surface area contributed by atoms with Gasteiger partial charge in [0.25, 0.3) is 11.8 Å². The predicted octanol–water partition coefficient (Wildman–Crippen LogP) is 5.15. The average Bonchev–Trinajstić information content (AvgIpc) is 4.04. The summed E-state index contributed by atoms with van der Waals surface area (Å²) in [7, 11) is -1.42. The van der Waals surface area contributed by atoms with Gasteiger partial charge in [-0.2, -0.15) is 0 Å². The highest BCUT2D eigenvalue weighted by atomic mass is 32.2. The smallest absolute Gasteiger partial charge is 0.408 e. The summed E-state index contributed by atoms with van der Waals surface area (Å²) in [5, 5.41) is 5.53. The van der Waals surface area contributed by atoms with Gasteiger partial charge in [-0.1, -0.05) is 26.0 Å². The maximum Gasteiger partial charge on any atom is 0.408 e. The molecule has 2 aromatic rings. The minimum Gasteiger partial charge on any atom is -0.494 e. The van der Waals surface area contributed by atoms with Crippen LogP contribution in [0.15, 0.2) is 30.4 Å². The summed E-state index contributed by atoms with van der Waals surface area (Å²) in [5.74, 6) is -7.67. The summed E-state index contributed by atoms with van der Waals surface area (Å²) in [4.78, 5) is 62.3. The molecule has 19 heteroatoms. The van der Waals surface area contributed by atoms with Crippen molar-refractivity contribution in [1.29, 1.82) is 0 Å². The van der Waals surface area contributed by atoms with Gasteiger partial charge in [0.15, 0.2) is 17.2 Å². The molecule has 2 saturated carbocycles. The molecule has 60 heavy (non-hydrogen) atoms. The molecule has 15 nitrogen and oxygen atoms in total. The van der Waals surface area contributed by atoms with Gasteiger partial charge in [-0.3, -0.25) is 19.1 Å². The summed E-state index contributed by atoms with van der Waals surface area (Å²) in [6.45, 7) is 7.64. The molecule has 2 aliphatic carbocycles. The molecule has 7 atom stereocenters. The molecule has 0 bridgehead atoms. The number of aromatic nitrogens is 1. The molecular weight excluding hydrogens is 812 g/mol. The van der Waals surface area contributed by atoms with Crippen LogP contribution >= 0.6 is 0 Å². The number of hydrogen-bond acceptors (Lipinski definition) is 11. The summed E-state index contributed by atoms with van der Waals surface area (Å²) in [6, 6.07) is 1.21. The van der Waals surface area contributed by atoms with Crippen molar-refractivity contribution in [3.8, 4) is 17.4 Å². The molecule has 330 valence electrons. The molecule has 4 amide bonds. The number of alkyl carbamates (subject to hydrolysis) is 1. The van der Waals surface area contributed by atoms with E-state index in [-0.39, 0.29) is 53.6 Å². The molecule has 3 heterocycles. The average molecular weight is 866 g/mol. The number of sulfonamides is 1. The van der Waals surface area contributed by atoms with E-state index in [4.69, 9.17) is 18.9 Å². The molecule has 3 fully saturated rings. The highest BCUT2D eigenvalue weighted by Crippen LogP contribution is 2.48. The van der Waals surface area contributed by atoms with Crippen LogP contribution in [0.4, 0.5) is 18.0 Å². The topological polar surface area (TPSA) is 192 Å². The Labute approximate surface area is 347 Å². The number of halogens is 3. The third kappa shape index (κ3) is 8.96. The maximum atomic E-state index is 15.0. The number of carbonyl (C=O) groups is 4. The molecule has 1 aromatic carbocycles. The van der Waals surface area contributed by atoms with Crippen molar-refractivity contribution in [2.75, 3.05) is 20.8 Å². The van der Waals surface area contributed by atoms with Crippen LogP contribution in [0.2, 0.25) is 0 Å². The van der Waals surface area contributed by atoms with Crippen molar-refractivity contribution >= 4 is 44.7 Å². The van der Waals surface area contributed by atoms with Gasteiger partial charge in [0.1, 0.15) is 29.5 Å². The third-order valence-corrected chi connectivity index (χ3v) is 14.6. The molecule has 0 unspecified atom stereocenters. The Morgan fingerprint density at radius 3 is 2.37 bits per heavy atom. The molecule has 0 spiro atoms. The minimum absolute atomic E-state index is 0.0183. The minimum atomic E-state index is -4.09. The van der Waals surface area contributed by atoms with Gasteiger partial charge in [0, 0.05) is 36.8 Å². The summed E-state index contributed by atoms with van der Waals surface area (Å²) in [6.07, 6.45) is 3.65. The van der Waals surface area contributed by atoms with E-state index < -0.39 is 91.5 Å². The van der Waals surface area contributed by atoms with E-state index >= 15 is 4.39 Å².